The van der Waals surface area contributed by atoms with Gasteiger partial charge in [-0.15, -0.1) is 0 Å². The van der Waals surface area contributed by atoms with E-state index in [0.29, 0.717) is 6.67 Å². The van der Waals surface area contributed by atoms with Gasteiger partial charge in [0, 0.05) is 51.3 Å². The van der Waals surface area contributed by atoms with Crippen molar-refractivity contribution in [3.63, 3.8) is 0 Å². The van der Waals surface area contributed by atoms with Gasteiger partial charge in [-0.25, -0.2) is 4.98 Å². The van der Waals surface area contributed by atoms with Crippen molar-refractivity contribution < 1.29 is 4.74 Å². The molecule has 73 heavy (non-hydrogen) atoms. The van der Waals surface area contributed by atoms with Gasteiger partial charge in [0.1, 0.15) is 24.0 Å². The monoisotopic (exact) mass is 955 g/mol. The molecule has 2 aromatic heterocycles. The van der Waals surface area contributed by atoms with Gasteiger partial charge >= 0.3 is 0 Å². The van der Waals surface area contributed by atoms with Crippen LogP contribution in [0.2, 0.25) is 0 Å². The maximum atomic E-state index is 7.18. The van der Waals surface area contributed by atoms with Crippen LogP contribution in [-0.2, 0) is 21.7 Å². The minimum absolute atomic E-state index is 0.0313. The van der Waals surface area contributed by atoms with Gasteiger partial charge in [-0.1, -0.05) is 191 Å². The van der Waals surface area contributed by atoms with Gasteiger partial charge in [0.2, 0.25) is 0 Å². The molecular formula is C68H66N4O. The van der Waals surface area contributed by atoms with E-state index in [1.165, 1.54) is 50.0 Å². The molecule has 364 valence electrons. The Morgan fingerprint density at radius 1 is 0.384 bits per heavy atom. The summed E-state index contributed by atoms with van der Waals surface area (Å²) in [5, 5.41) is 2.33. The zero-order chi connectivity index (χ0) is 50.9. The van der Waals surface area contributed by atoms with E-state index in [9.17, 15) is 0 Å². The molecule has 0 spiro atoms. The second kappa shape index (κ2) is 18.0. The molecule has 0 fully saturated rings. The first kappa shape index (κ1) is 47.4. The highest BCUT2D eigenvalue weighted by molar-refractivity contribution is 6.09. The molecule has 0 atom stereocenters. The van der Waals surface area contributed by atoms with Gasteiger partial charge in [0.15, 0.2) is 0 Å². The Morgan fingerprint density at radius 3 is 1.66 bits per heavy atom. The quantitative estimate of drug-likeness (QED) is 0.137. The third-order valence-corrected chi connectivity index (χ3v) is 15.4. The lowest BCUT2D eigenvalue weighted by molar-refractivity contribution is 0.480. The average molecular weight is 955 g/mol. The zero-order valence-electron chi connectivity index (χ0n) is 44.0. The molecule has 0 N–H and O–H groups in total. The Bertz CT molecular complexity index is 3650. The van der Waals surface area contributed by atoms with Gasteiger partial charge in [-0.3, -0.25) is 4.57 Å². The Hall–Kier alpha value is -7.89. The van der Waals surface area contributed by atoms with E-state index in [-0.39, 0.29) is 21.7 Å². The molecule has 0 saturated heterocycles. The number of para-hydroxylation sites is 1. The predicted molar refractivity (Wildman–Crippen MR) is 307 cm³/mol. The number of benzene rings is 8. The van der Waals surface area contributed by atoms with Crippen molar-refractivity contribution in [1.82, 2.24) is 9.55 Å². The van der Waals surface area contributed by atoms with E-state index in [2.05, 4.69) is 284 Å². The smallest absolute Gasteiger partial charge is 0.137 e. The number of hydrogen-bond donors (Lipinski definition) is 0. The number of rotatable bonds is 10. The van der Waals surface area contributed by atoms with Crippen molar-refractivity contribution in [3.8, 4) is 28.4 Å². The van der Waals surface area contributed by atoms with E-state index < -0.39 is 0 Å². The molecule has 0 bridgehead atoms. The van der Waals surface area contributed by atoms with Gasteiger partial charge < -0.3 is 14.5 Å². The predicted octanol–water partition coefficient (Wildman–Crippen LogP) is 18.1. The van der Waals surface area contributed by atoms with Crippen molar-refractivity contribution in [1.29, 1.82) is 0 Å². The minimum atomic E-state index is -0.354. The van der Waals surface area contributed by atoms with Crippen LogP contribution in [0.25, 0.3) is 38.8 Å². The second-order valence-electron chi connectivity index (χ2n) is 23.1. The van der Waals surface area contributed by atoms with Crippen LogP contribution in [0.5, 0.6) is 11.5 Å². The first-order chi connectivity index (χ1) is 34.9. The molecule has 0 radical (unpaired) electrons. The highest BCUT2D eigenvalue weighted by Crippen LogP contribution is 2.50. The van der Waals surface area contributed by atoms with E-state index in [4.69, 9.17) is 9.72 Å². The average Bonchev–Trinajstić information content (AvgIpc) is 3.95. The molecule has 8 aromatic carbocycles. The number of ether oxygens (including phenoxy) is 1. The summed E-state index contributed by atoms with van der Waals surface area (Å²) in [6, 6.07) is 73.1. The third kappa shape index (κ3) is 8.86. The third-order valence-electron chi connectivity index (χ3n) is 15.4. The molecule has 3 heterocycles. The summed E-state index contributed by atoms with van der Waals surface area (Å²) in [5.41, 5.74) is 15.9. The number of nitrogens with zero attached hydrogens (tertiary/aromatic N) is 4. The summed E-state index contributed by atoms with van der Waals surface area (Å²) in [4.78, 5) is 9.96. The Morgan fingerprint density at radius 2 is 0.973 bits per heavy atom. The normalized spacial score (nSPS) is 13.2. The first-order valence-corrected chi connectivity index (χ1v) is 25.8. The lowest BCUT2D eigenvalue weighted by atomic mass is 9.77. The van der Waals surface area contributed by atoms with Crippen LogP contribution in [0.4, 0.5) is 22.7 Å². The van der Waals surface area contributed by atoms with E-state index in [1.807, 2.05) is 6.20 Å². The van der Waals surface area contributed by atoms with Gasteiger partial charge in [-0.05, 0) is 122 Å². The molecule has 5 nitrogen and oxygen atoms in total. The number of aromatic nitrogens is 2. The van der Waals surface area contributed by atoms with Crippen LogP contribution < -0.4 is 14.5 Å². The van der Waals surface area contributed by atoms with Gasteiger partial charge in [0.05, 0.1) is 22.4 Å². The van der Waals surface area contributed by atoms with Crippen molar-refractivity contribution >= 4 is 44.6 Å². The van der Waals surface area contributed by atoms with Crippen LogP contribution >= 0.6 is 0 Å². The highest BCUT2D eigenvalue weighted by atomic mass is 16.5. The molecule has 0 saturated carbocycles. The fraction of sp³-hybridized carbons (Fsp3) is 0.221. The Kier molecular flexibility index (Phi) is 11.7. The molecule has 0 amide bonds. The molecule has 1 aliphatic heterocycles. The summed E-state index contributed by atoms with van der Waals surface area (Å²) in [7, 11) is 0. The van der Waals surface area contributed by atoms with Gasteiger partial charge in [-0.2, -0.15) is 0 Å². The van der Waals surface area contributed by atoms with Crippen molar-refractivity contribution in [2.45, 2.75) is 90.9 Å². The molecule has 0 unspecified atom stereocenters. The fourth-order valence-corrected chi connectivity index (χ4v) is 10.7. The standard InChI is InChI=1S/C68H66N4O/c1-65(2,3)50-34-35-69-64(42-50)72-60-29-21-20-28-58(60)59-32-31-56(44-62(59)72)73-57-40-53(68(9,10)49-26-18-13-19-27-49)39-55(43-57)70-45-71(54-37-47(46-22-14-11-15-23-46)36-52(38-54)66(4,5)6)63-41-51(30-33-61(63)70)67(7,8)48-24-16-12-17-25-48/h11-44H,45H2,1-10H3. The number of anilines is 4. The molecular weight excluding hydrogens is 889 g/mol. The fourth-order valence-electron chi connectivity index (χ4n) is 10.7. The van der Waals surface area contributed by atoms with Crippen LogP contribution in [0.15, 0.2) is 206 Å². The highest BCUT2D eigenvalue weighted by Gasteiger charge is 2.34. The largest absolute Gasteiger partial charge is 0.457 e. The first-order valence-electron chi connectivity index (χ1n) is 25.8. The van der Waals surface area contributed by atoms with Crippen LogP contribution in [0, 0.1) is 0 Å². The summed E-state index contributed by atoms with van der Waals surface area (Å²) in [6.07, 6.45) is 1.93. The van der Waals surface area contributed by atoms with Crippen molar-refractivity contribution in [2.24, 2.45) is 0 Å². The Labute approximate surface area is 432 Å². The summed E-state index contributed by atoms with van der Waals surface area (Å²) in [6.45, 7) is 23.6. The molecule has 10 aromatic rings. The van der Waals surface area contributed by atoms with Crippen molar-refractivity contribution in [2.75, 3.05) is 16.5 Å². The van der Waals surface area contributed by atoms with E-state index in [0.717, 1.165) is 56.4 Å². The molecule has 11 rings (SSSR count). The SMILES string of the molecule is CC(C)(C)c1cc(-c2ccccc2)cc(N2CN(c3cc(Oc4ccc5c6ccccc6n(-c6cc(C(C)(C)C)ccn6)c5c4)cc(C(C)(C)c4ccccc4)c3)c3ccc(C(C)(C)c4ccccc4)cc32)c1. The lowest BCUT2D eigenvalue weighted by Crippen LogP contribution is -2.25. The van der Waals surface area contributed by atoms with Gasteiger partial charge in [0.25, 0.3) is 0 Å². The Balaban J connectivity index is 1.08. The molecule has 1 aliphatic rings. The molecule has 0 aliphatic carbocycles. The zero-order valence-corrected chi connectivity index (χ0v) is 44.0. The number of fused-ring (bicyclic) bond motifs is 4. The van der Waals surface area contributed by atoms with E-state index in [1.54, 1.807) is 0 Å². The summed E-state index contributed by atoms with van der Waals surface area (Å²) >= 11 is 0. The number of hydrogen-bond acceptors (Lipinski definition) is 4. The summed E-state index contributed by atoms with van der Waals surface area (Å²) < 4.78 is 9.47. The maximum Gasteiger partial charge on any atom is 0.137 e. The lowest BCUT2D eigenvalue weighted by Gasteiger charge is -2.29. The van der Waals surface area contributed by atoms with Crippen LogP contribution in [0.3, 0.4) is 0 Å². The topological polar surface area (TPSA) is 33.5 Å². The van der Waals surface area contributed by atoms with E-state index >= 15 is 0 Å². The molecule has 5 heteroatoms. The van der Waals surface area contributed by atoms with Crippen LogP contribution in [0.1, 0.15) is 103 Å². The maximum absolute atomic E-state index is 7.18. The number of pyridine rings is 1. The van der Waals surface area contributed by atoms with Crippen LogP contribution in [-0.4, -0.2) is 16.2 Å². The minimum Gasteiger partial charge on any atom is -0.457 e. The second-order valence-corrected chi connectivity index (χ2v) is 23.1. The van der Waals surface area contributed by atoms with Crippen molar-refractivity contribution in [3.05, 3.63) is 240 Å². The summed E-state index contributed by atoms with van der Waals surface area (Å²) in [5.74, 6) is 2.42.